The fourth-order valence-electron chi connectivity index (χ4n) is 10.2. The Bertz CT molecular complexity index is 3700. The molecule has 0 radical (unpaired) electrons. The summed E-state index contributed by atoms with van der Waals surface area (Å²) >= 11 is 0. The second-order valence-electron chi connectivity index (χ2n) is 17.6. The van der Waals surface area contributed by atoms with Crippen molar-refractivity contribution in [1.29, 1.82) is 0 Å². The van der Waals surface area contributed by atoms with Crippen molar-refractivity contribution >= 4 is 38.6 Å². The Kier molecular flexibility index (Phi) is 11.0. The van der Waals surface area contributed by atoms with Crippen molar-refractivity contribution in [1.82, 2.24) is 0 Å². The largest absolute Gasteiger partial charge is 0.310 e. The van der Waals surface area contributed by atoms with Gasteiger partial charge in [-0.05, 0) is 136 Å². The molecule has 0 aliphatic rings. The molecule has 1 heteroatoms. The summed E-state index contributed by atoms with van der Waals surface area (Å²) in [5, 5.41) is 4.99. The van der Waals surface area contributed by atoms with E-state index in [1.165, 1.54) is 99.4 Å². The molecule has 0 saturated heterocycles. The highest BCUT2D eigenvalue weighted by molar-refractivity contribution is 6.25. The van der Waals surface area contributed by atoms with Crippen LogP contribution in [0.1, 0.15) is 0 Å². The van der Waals surface area contributed by atoms with Crippen LogP contribution >= 0.6 is 0 Å². The lowest BCUT2D eigenvalue weighted by atomic mass is 9.83. The lowest BCUT2D eigenvalue weighted by Crippen LogP contribution is -2.10. The smallest absolute Gasteiger partial charge is 0.0468 e. The maximum atomic E-state index is 2.39. The van der Waals surface area contributed by atoms with Crippen LogP contribution in [0.2, 0.25) is 0 Å². The molecular weight excluding hydrogens is 831 g/mol. The molecule has 0 atom stereocenters. The number of rotatable bonds is 10. The Morgan fingerprint density at radius 3 is 1.06 bits per heavy atom. The van der Waals surface area contributed by atoms with Crippen LogP contribution in [-0.4, -0.2) is 0 Å². The summed E-state index contributed by atoms with van der Waals surface area (Å²) in [5.41, 5.74) is 20.1. The highest BCUT2D eigenvalue weighted by Gasteiger charge is 2.21. The van der Waals surface area contributed by atoms with Gasteiger partial charge in [0.15, 0.2) is 0 Å². The Morgan fingerprint density at radius 2 is 0.536 bits per heavy atom. The first-order valence-corrected chi connectivity index (χ1v) is 23.7. The Morgan fingerprint density at radius 1 is 0.188 bits per heavy atom. The molecule has 0 saturated carbocycles. The second kappa shape index (κ2) is 18.3. The molecule has 0 N–H and O–H groups in total. The van der Waals surface area contributed by atoms with Crippen LogP contribution in [0.25, 0.3) is 99.4 Å². The van der Waals surface area contributed by atoms with E-state index < -0.39 is 0 Å². The Balaban J connectivity index is 1.00. The van der Waals surface area contributed by atoms with Gasteiger partial charge in [-0.1, -0.05) is 249 Å². The van der Waals surface area contributed by atoms with Gasteiger partial charge in [-0.3, -0.25) is 0 Å². The molecule has 0 fully saturated rings. The van der Waals surface area contributed by atoms with Crippen LogP contribution in [0, 0.1) is 0 Å². The van der Waals surface area contributed by atoms with E-state index in [-0.39, 0.29) is 0 Å². The summed E-state index contributed by atoms with van der Waals surface area (Å²) in [6, 6.07) is 104. The third-order valence-electron chi connectivity index (χ3n) is 13.5. The van der Waals surface area contributed by atoms with E-state index in [9.17, 15) is 0 Å². The maximum Gasteiger partial charge on any atom is 0.0468 e. The number of nitrogens with zero attached hydrogens (tertiary/aromatic N) is 1. The first-order valence-electron chi connectivity index (χ1n) is 23.7. The zero-order valence-electron chi connectivity index (χ0n) is 38.1. The number of fused-ring (bicyclic) bond motifs is 3. The molecule has 0 aliphatic heterocycles. The summed E-state index contributed by atoms with van der Waals surface area (Å²) in [6.45, 7) is 0. The molecule has 1 nitrogen and oxygen atoms in total. The third kappa shape index (κ3) is 7.97. The number of anilines is 3. The van der Waals surface area contributed by atoms with Crippen molar-refractivity contribution in [2.24, 2.45) is 0 Å². The SMILES string of the molecule is c1ccc(-c2ccc(-c3ccc(N(c4ccc(-c5cccc6c(-c7ccccc7)c(-c7ccccc7)c7ccccc7c56)cc4)c4ccc(-c5ccccc5)c(-c5ccccc5)c4)cc3)cc2)cc1. The molecule has 0 aromatic heterocycles. The molecule has 0 unspecified atom stereocenters. The summed E-state index contributed by atoms with van der Waals surface area (Å²) in [7, 11) is 0. The lowest BCUT2D eigenvalue weighted by molar-refractivity contribution is 1.28. The minimum atomic E-state index is 1.08. The van der Waals surface area contributed by atoms with Crippen LogP contribution < -0.4 is 4.90 Å². The molecule has 0 heterocycles. The third-order valence-corrected chi connectivity index (χ3v) is 13.5. The number of hydrogen-bond donors (Lipinski definition) is 0. The van der Waals surface area contributed by atoms with Gasteiger partial charge in [0.25, 0.3) is 0 Å². The minimum absolute atomic E-state index is 1.08. The van der Waals surface area contributed by atoms with Gasteiger partial charge in [0.1, 0.15) is 0 Å². The van der Waals surface area contributed by atoms with Gasteiger partial charge < -0.3 is 4.90 Å². The van der Waals surface area contributed by atoms with E-state index in [2.05, 4.69) is 290 Å². The Hall–Kier alpha value is -9.04. The summed E-state index contributed by atoms with van der Waals surface area (Å²) in [4.78, 5) is 2.39. The van der Waals surface area contributed by atoms with E-state index in [4.69, 9.17) is 0 Å². The summed E-state index contributed by atoms with van der Waals surface area (Å²) in [5.74, 6) is 0. The van der Waals surface area contributed by atoms with E-state index in [0.717, 1.165) is 17.1 Å². The fraction of sp³-hybridized carbons (Fsp3) is 0. The Labute approximate surface area is 404 Å². The van der Waals surface area contributed by atoms with Crippen LogP contribution in [0.5, 0.6) is 0 Å². The van der Waals surface area contributed by atoms with Gasteiger partial charge in [0.05, 0.1) is 0 Å². The van der Waals surface area contributed by atoms with Gasteiger partial charge in [-0.25, -0.2) is 0 Å². The average Bonchev–Trinajstić information content (AvgIpc) is 3.44. The maximum absolute atomic E-state index is 2.39. The number of hydrogen-bond acceptors (Lipinski definition) is 1. The molecule has 0 amide bonds. The highest BCUT2D eigenvalue weighted by atomic mass is 15.1. The van der Waals surface area contributed by atoms with Crippen LogP contribution in [-0.2, 0) is 0 Å². The standard InChI is InChI=1S/C68H47N/c1-6-19-48(20-7-1)49-33-35-50(36-34-49)51-37-41-57(42-38-51)69(59-45-46-60(52-21-8-2-9-22-52)65(47-59)53-23-10-3-11-24-53)58-43-39-54(40-44-58)61-31-18-32-64-67(56-27-14-5-15-28-56)66(55-25-12-4-13-26-55)62-29-16-17-30-63(62)68(61)64/h1-47H. The first kappa shape index (κ1) is 41.4. The van der Waals surface area contributed by atoms with Gasteiger partial charge in [0.2, 0.25) is 0 Å². The zero-order chi connectivity index (χ0) is 45.9. The fourth-order valence-corrected chi connectivity index (χ4v) is 10.2. The van der Waals surface area contributed by atoms with E-state index in [1.54, 1.807) is 0 Å². The molecular formula is C68H47N. The van der Waals surface area contributed by atoms with Crippen molar-refractivity contribution in [3.8, 4) is 77.9 Å². The molecule has 69 heavy (non-hydrogen) atoms. The van der Waals surface area contributed by atoms with Crippen LogP contribution in [0.3, 0.4) is 0 Å². The van der Waals surface area contributed by atoms with Gasteiger partial charge >= 0.3 is 0 Å². The van der Waals surface area contributed by atoms with Gasteiger partial charge in [0, 0.05) is 17.1 Å². The van der Waals surface area contributed by atoms with E-state index in [0.29, 0.717) is 0 Å². The topological polar surface area (TPSA) is 3.24 Å². The normalized spacial score (nSPS) is 11.2. The lowest BCUT2D eigenvalue weighted by Gasteiger charge is -2.27. The molecule has 12 aromatic carbocycles. The van der Waals surface area contributed by atoms with E-state index in [1.807, 2.05) is 0 Å². The zero-order valence-corrected chi connectivity index (χ0v) is 38.1. The van der Waals surface area contributed by atoms with Gasteiger partial charge in [-0.2, -0.15) is 0 Å². The molecule has 12 rings (SSSR count). The second-order valence-corrected chi connectivity index (χ2v) is 17.6. The quantitative estimate of drug-likeness (QED) is 0.124. The van der Waals surface area contributed by atoms with Crippen molar-refractivity contribution in [3.05, 3.63) is 285 Å². The van der Waals surface area contributed by atoms with Gasteiger partial charge in [-0.15, -0.1) is 0 Å². The van der Waals surface area contributed by atoms with E-state index >= 15 is 0 Å². The van der Waals surface area contributed by atoms with Crippen molar-refractivity contribution < 1.29 is 0 Å². The molecule has 0 bridgehead atoms. The number of benzene rings is 12. The predicted molar refractivity (Wildman–Crippen MR) is 294 cm³/mol. The molecule has 0 aliphatic carbocycles. The average molecular weight is 878 g/mol. The van der Waals surface area contributed by atoms with Crippen LogP contribution in [0.4, 0.5) is 17.1 Å². The minimum Gasteiger partial charge on any atom is -0.310 e. The molecule has 324 valence electrons. The van der Waals surface area contributed by atoms with Crippen molar-refractivity contribution in [2.45, 2.75) is 0 Å². The summed E-state index contributed by atoms with van der Waals surface area (Å²) < 4.78 is 0. The predicted octanol–water partition coefficient (Wildman–Crippen LogP) is 19.1. The monoisotopic (exact) mass is 877 g/mol. The first-order chi connectivity index (χ1) is 34.2. The van der Waals surface area contributed by atoms with Crippen molar-refractivity contribution in [3.63, 3.8) is 0 Å². The van der Waals surface area contributed by atoms with Crippen molar-refractivity contribution in [2.75, 3.05) is 4.90 Å². The van der Waals surface area contributed by atoms with Crippen LogP contribution in [0.15, 0.2) is 285 Å². The molecule has 12 aromatic rings. The highest BCUT2D eigenvalue weighted by Crippen LogP contribution is 2.48. The summed E-state index contributed by atoms with van der Waals surface area (Å²) in [6.07, 6.45) is 0. The molecule has 0 spiro atoms.